The number of carbonyl (C=O) groups is 2. The van der Waals surface area contributed by atoms with E-state index in [2.05, 4.69) is 15.9 Å². The number of aliphatic hydroxyl groups is 1. The second-order valence-electron chi connectivity index (χ2n) is 8.78. The van der Waals surface area contributed by atoms with Crippen LogP contribution in [0.2, 0.25) is 0 Å². The van der Waals surface area contributed by atoms with E-state index in [1.54, 1.807) is 12.1 Å². The molecule has 1 unspecified atom stereocenters. The van der Waals surface area contributed by atoms with Crippen molar-refractivity contribution < 1.29 is 19.1 Å². The first-order valence-corrected chi connectivity index (χ1v) is 11.9. The van der Waals surface area contributed by atoms with Gasteiger partial charge in [-0.05, 0) is 61.0 Å². The van der Waals surface area contributed by atoms with Gasteiger partial charge in [-0.15, -0.1) is 0 Å². The first kappa shape index (κ1) is 22.9. The van der Waals surface area contributed by atoms with Crippen LogP contribution in [0, 0.1) is 6.92 Å². The topological polar surface area (TPSA) is 74.0 Å². The number of rotatable bonds is 5. The number of benzene rings is 3. The van der Waals surface area contributed by atoms with E-state index < -0.39 is 23.5 Å². The Morgan fingerprint density at radius 1 is 1.00 bits per heavy atom. The second-order valence-corrected chi connectivity index (χ2v) is 9.70. The molecule has 0 fully saturated rings. The fourth-order valence-corrected chi connectivity index (χ4v) is 4.72. The maximum Gasteiger partial charge on any atom is 0.294 e. The summed E-state index contributed by atoms with van der Waals surface area (Å²) in [6, 6.07) is 21.2. The number of halogens is 1. The van der Waals surface area contributed by atoms with Crippen LogP contribution < -0.4 is 9.80 Å². The minimum absolute atomic E-state index is 0.00806. The van der Waals surface area contributed by atoms with Gasteiger partial charge in [0.15, 0.2) is 11.5 Å². The first-order valence-electron chi connectivity index (χ1n) is 11.1. The summed E-state index contributed by atoms with van der Waals surface area (Å²) >= 11 is 3.43. The highest BCUT2D eigenvalue weighted by atomic mass is 79.9. The van der Waals surface area contributed by atoms with Crippen LogP contribution in [0.5, 0.6) is 0 Å². The van der Waals surface area contributed by atoms with E-state index in [0.29, 0.717) is 16.8 Å². The summed E-state index contributed by atoms with van der Waals surface area (Å²) in [5.74, 6) is -1.66. The van der Waals surface area contributed by atoms with E-state index in [4.69, 9.17) is 4.42 Å². The largest absolute Gasteiger partial charge is 0.503 e. The number of amides is 1. The molecule has 0 spiro atoms. The fourth-order valence-electron chi connectivity index (χ4n) is 4.34. The van der Waals surface area contributed by atoms with E-state index in [1.807, 2.05) is 86.6 Å². The van der Waals surface area contributed by atoms with Crippen molar-refractivity contribution in [1.82, 2.24) is 0 Å². The molecule has 0 saturated carbocycles. The van der Waals surface area contributed by atoms with Gasteiger partial charge in [0.2, 0.25) is 5.78 Å². The molecule has 1 aliphatic rings. The van der Waals surface area contributed by atoms with Crippen LogP contribution in [0.3, 0.4) is 0 Å². The highest BCUT2D eigenvalue weighted by Gasteiger charge is 2.45. The zero-order valence-corrected chi connectivity index (χ0v) is 21.0. The maximum absolute atomic E-state index is 13.7. The number of Topliss-reactive ketones (excluding diaryl/α,β-unsaturated/α-hetero) is 1. The molecule has 1 atom stereocenters. The Bertz CT molecular complexity index is 1480. The van der Waals surface area contributed by atoms with Crippen LogP contribution in [0.25, 0.3) is 11.0 Å². The van der Waals surface area contributed by atoms with Gasteiger partial charge in [-0.1, -0.05) is 45.8 Å². The SMILES string of the molecule is Cc1ccc(N2C(=O)C(O)=C(C(=O)c3cc4cc(Br)ccc4o3)C2c2ccc(N(C)C)cc2)cc1. The van der Waals surface area contributed by atoms with Gasteiger partial charge in [-0.25, -0.2) is 0 Å². The summed E-state index contributed by atoms with van der Waals surface area (Å²) < 4.78 is 6.67. The van der Waals surface area contributed by atoms with E-state index >= 15 is 0 Å². The van der Waals surface area contributed by atoms with Crippen molar-refractivity contribution in [2.45, 2.75) is 13.0 Å². The summed E-state index contributed by atoms with van der Waals surface area (Å²) in [6.07, 6.45) is 0. The van der Waals surface area contributed by atoms with Gasteiger partial charge in [0.05, 0.1) is 11.6 Å². The quantitative estimate of drug-likeness (QED) is 0.304. The Balaban J connectivity index is 1.64. The minimum Gasteiger partial charge on any atom is -0.503 e. The third-order valence-electron chi connectivity index (χ3n) is 6.19. The van der Waals surface area contributed by atoms with Gasteiger partial charge < -0.3 is 14.4 Å². The second kappa shape index (κ2) is 8.74. The van der Waals surface area contributed by atoms with E-state index in [0.717, 1.165) is 21.1 Å². The number of furan rings is 1. The standard InChI is InChI=1S/C28H23BrN2O4/c1-16-4-9-21(10-5-16)31-25(17-6-11-20(12-7-17)30(2)3)24(27(33)28(31)34)26(32)23-15-18-14-19(29)8-13-22(18)35-23/h4-15,25,33H,1-3H3. The van der Waals surface area contributed by atoms with Crippen molar-refractivity contribution in [2.24, 2.45) is 0 Å². The van der Waals surface area contributed by atoms with Crippen molar-refractivity contribution in [3.05, 3.63) is 105 Å². The van der Waals surface area contributed by atoms with Crippen LogP contribution in [0.1, 0.15) is 27.7 Å². The van der Waals surface area contributed by atoms with Crippen LogP contribution >= 0.6 is 15.9 Å². The molecule has 4 aromatic rings. The molecule has 176 valence electrons. The lowest BCUT2D eigenvalue weighted by Gasteiger charge is -2.27. The molecule has 0 saturated heterocycles. The Morgan fingerprint density at radius 2 is 1.69 bits per heavy atom. The highest BCUT2D eigenvalue weighted by Crippen LogP contribution is 2.42. The van der Waals surface area contributed by atoms with Crippen LogP contribution in [-0.2, 0) is 4.79 Å². The molecule has 6 nitrogen and oxygen atoms in total. The van der Waals surface area contributed by atoms with Crippen molar-refractivity contribution in [3.8, 4) is 0 Å². The molecular formula is C28H23BrN2O4. The normalized spacial score (nSPS) is 15.8. The molecule has 1 amide bonds. The molecule has 5 rings (SSSR count). The summed E-state index contributed by atoms with van der Waals surface area (Å²) in [4.78, 5) is 30.5. The summed E-state index contributed by atoms with van der Waals surface area (Å²) in [6.45, 7) is 1.96. The monoisotopic (exact) mass is 530 g/mol. The number of carbonyl (C=O) groups excluding carboxylic acids is 2. The number of hydrogen-bond donors (Lipinski definition) is 1. The van der Waals surface area contributed by atoms with Gasteiger partial charge >= 0.3 is 0 Å². The van der Waals surface area contributed by atoms with Crippen molar-refractivity contribution in [1.29, 1.82) is 0 Å². The van der Waals surface area contributed by atoms with Gasteiger partial charge in [0, 0.05) is 35.3 Å². The van der Waals surface area contributed by atoms with Crippen molar-refractivity contribution in [3.63, 3.8) is 0 Å². The van der Waals surface area contributed by atoms with E-state index in [1.165, 1.54) is 4.90 Å². The Hall–Kier alpha value is -3.84. The average molecular weight is 531 g/mol. The molecule has 35 heavy (non-hydrogen) atoms. The first-order chi connectivity index (χ1) is 16.7. The van der Waals surface area contributed by atoms with Crippen molar-refractivity contribution in [2.75, 3.05) is 23.9 Å². The third kappa shape index (κ3) is 4.02. The molecule has 3 aromatic carbocycles. The van der Waals surface area contributed by atoms with Gasteiger partial charge in [0.25, 0.3) is 5.91 Å². The average Bonchev–Trinajstić information content (AvgIpc) is 3.38. The number of aryl methyl sites for hydroxylation is 1. The molecule has 7 heteroatoms. The van der Waals surface area contributed by atoms with Gasteiger partial charge in [-0.3, -0.25) is 14.5 Å². The molecule has 2 heterocycles. The van der Waals surface area contributed by atoms with Gasteiger partial charge in [-0.2, -0.15) is 0 Å². The number of hydrogen-bond acceptors (Lipinski definition) is 5. The molecule has 0 aliphatic carbocycles. The van der Waals surface area contributed by atoms with Gasteiger partial charge in [0.1, 0.15) is 5.58 Å². The predicted octanol–water partition coefficient (Wildman–Crippen LogP) is 6.35. The Morgan fingerprint density at radius 3 is 2.34 bits per heavy atom. The summed E-state index contributed by atoms with van der Waals surface area (Å²) in [5, 5.41) is 11.7. The molecule has 0 radical (unpaired) electrons. The predicted molar refractivity (Wildman–Crippen MR) is 140 cm³/mol. The lowest BCUT2D eigenvalue weighted by atomic mass is 9.94. The summed E-state index contributed by atoms with van der Waals surface area (Å²) in [7, 11) is 3.88. The highest BCUT2D eigenvalue weighted by molar-refractivity contribution is 9.10. The van der Waals surface area contributed by atoms with E-state index in [9.17, 15) is 14.7 Å². The number of fused-ring (bicyclic) bond motifs is 1. The van der Waals surface area contributed by atoms with Crippen LogP contribution in [0.15, 0.2) is 93.0 Å². The smallest absolute Gasteiger partial charge is 0.294 e. The lowest BCUT2D eigenvalue weighted by molar-refractivity contribution is -0.117. The number of ketones is 1. The fraction of sp³-hybridized carbons (Fsp3) is 0.143. The summed E-state index contributed by atoms with van der Waals surface area (Å²) in [5.41, 5.74) is 3.84. The van der Waals surface area contributed by atoms with Crippen LogP contribution in [-0.4, -0.2) is 30.9 Å². The number of aliphatic hydroxyl groups excluding tert-OH is 1. The Kier molecular flexibility index (Phi) is 5.73. The molecular weight excluding hydrogens is 508 g/mol. The molecule has 1 aromatic heterocycles. The Labute approximate surface area is 211 Å². The molecule has 1 N–H and O–H groups in total. The number of anilines is 2. The van der Waals surface area contributed by atoms with Crippen molar-refractivity contribution >= 4 is 50.0 Å². The van der Waals surface area contributed by atoms with Crippen LogP contribution in [0.4, 0.5) is 11.4 Å². The molecule has 0 bridgehead atoms. The lowest BCUT2D eigenvalue weighted by Crippen LogP contribution is -2.31. The van der Waals surface area contributed by atoms with E-state index in [-0.39, 0.29) is 11.3 Å². The molecule has 1 aliphatic heterocycles. The zero-order valence-electron chi connectivity index (χ0n) is 19.4. The maximum atomic E-state index is 13.7. The third-order valence-corrected chi connectivity index (χ3v) is 6.69. The zero-order chi connectivity index (χ0) is 24.9. The minimum atomic E-state index is -0.811. The number of nitrogens with zero attached hydrogens (tertiary/aromatic N) is 2.